The Balaban J connectivity index is 1.63. The zero-order valence-electron chi connectivity index (χ0n) is 10.5. The number of hydrogen-bond donors (Lipinski definition) is 2. The lowest BCUT2D eigenvalue weighted by atomic mass is 9.85. The van der Waals surface area contributed by atoms with Gasteiger partial charge in [0.05, 0.1) is 17.1 Å². The van der Waals surface area contributed by atoms with E-state index < -0.39 is 0 Å². The second-order valence-corrected chi connectivity index (χ2v) is 5.75. The van der Waals surface area contributed by atoms with Crippen LogP contribution in [0.25, 0.3) is 11.0 Å². The lowest BCUT2D eigenvalue weighted by molar-refractivity contribution is 0.325. The van der Waals surface area contributed by atoms with Gasteiger partial charge in [0.15, 0.2) is 0 Å². The van der Waals surface area contributed by atoms with Gasteiger partial charge in [-0.1, -0.05) is 25.0 Å². The van der Waals surface area contributed by atoms with Crippen LogP contribution in [0, 0.1) is 5.92 Å². The van der Waals surface area contributed by atoms with Crippen LogP contribution in [0.2, 0.25) is 0 Å². The number of para-hydroxylation sites is 2. The van der Waals surface area contributed by atoms with Crippen molar-refractivity contribution in [1.82, 2.24) is 15.3 Å². The molecule has 1 aliphatic heterocycles. The Morgan fingerprint density at radius 1 is 1.11 bits per heavy atom. The number of fused-ring (bicyclic) bond motifs is 2. The molecule has 3 atom stereocenters. The SMILES string of the molecule is c1ccc2[nH]c([C@@H]3C[C@H]4CCCC[C@@H]4N3)nc2c1. The van der Waals surface area contributed by atoms with Gasteiger partial charge in [-0.15, -0.1) is 0 Å². The Morgan fingerprint density at radius 3 is 2.89 bits per heavy atom. The van der Waals surface area contributed by atoms with Crippen LogP contribution in [0.3, 0.4) is 0 Å². The predicted molar refractivity (Wildman–Crippen MR) is 72.3 cm³/mol. The highest BCUT2D eigenvalue weighted by Crippen LogP contribution is 2.38. The summed E-state index contributed by atoms with van der Waals surface area (Å²) in [7, 11) is 0. The fraction of sp³-hybridized carbons (Fsp3) is 0.533. The lowest BCUT2D eigenvalue weighted by Crippen LogP contribution is -2.30. The quantitative estimate of drug-likeness (QED) is 0.805. The van der Waals surface area contributed by atoms with Crippen LogP contribution < -0.4 is 5.32 Å². The number of H-pyrrole nitrogens is 1. The van der Waals surface area contributed by atoms with Gasteiger partial charge >= 0.3 is 0 Å². The van der Waals surface area contributed by atoms with Crippen LogP contribution in [-0.4, -0.2) is 16.0 Å². The summed E-state index contributed by atoms with van der Waals surface area (Å²) in [5.74, 6) is 2.00. The first-order chi connectivity index (χ1) is 8.90. The number of aromatic nitrogens is 2. The normalized spacial score (nSPS) is 31.7. The molecule has 2 aliphatic rings. The second kappa shape index (κ2) is 4.09. The summed E-state index contributed by atoms with van der Waals surface area (Å²) in [4.78, 5) is 8.21. The summed E-state index contributed by atoms with van der Waals surface area (Å²) in [5, 5.41) is 3.78. The van der Waals surface area contributed by atoms with Gasteiger partial charge in [0.2, 0.25) is 0 Å². The fourth-order valence-electron chi connectivity index (χ4n) is 3.67. The highest BCUT2D eigenvalue weighted by atomic mass is 15.1. The third kappa shape index (κ3) is 1.65. The highest BCUT2D eigenvalue weighted by Gasteiger charge is 2.36. The molecule has 0 amide bonds. The summed E-state index contributed by atoms with van der Waals surface area (Å²) >= 11 is 0. The molecule has 1 aromatic heterocycles. The van der Waals surface area contributed by atoms with Gasteiger partial charge in [0.25, 0.3) is 0 Å². The zero-order chi connectivity index (χ0) is 11.9. The van der Waals surface area contributed by atoms with Crippen molar-refractivity contribution in [3.8, 4) is 0 Å². The predicted octanol–water partition coefficient (Wildman–Crippen LogP) is 3.16. The minimum absolute atomic E-state index is 0.436. The van der Waals surface area contributed by atoms with Gasteiger partial charge in [-0.05, 0) is 37.3 Å². The topological polar surface area (TPSA) is 40.7 Å². The Labute approximate surface area is 107 Å². The van der Waals surface area contributed by atoms with Gasteiger partial charge in [0, 0.05) is 6.04 Å². The molecule has 1 aliphatic carbocycles. The number of rotatable bonds is 1. The minimum Gasteiger partial charge on any atom is -0.341 e. The molecule has 2 N–H and O–H groups in total. The fourth-order valence-corrected chi connectivity index (χ4v) is 3.67. The number of nitrogens with one attached hydrogen (secondary N) is 2. The number of nitrogens with zero attached hydrogens (tertiary/aromatic N) is 1. The van der Waals surface area contributed by atoms with Gasteiger partial charge in [-0.2, -0.15) is 0 Å². The van der Waals surface area contributed by atoms with Crippen molar-refractivity contribution in [3.05, 3.63) is 30.1 Å². The van der Waals surface area contributed by atoms with Gasteiger partial charge in [-0.25, -0.2) is 4.98 Å². The monoisotopic (exact) mass is 241 g/mol. The number of benzene rings is 1. The maximum Gasteiger partial charge on any atom is 0.124 e. The van der Waals surface area contributed by atoms with Crippen LogP contribution in [-0.2, 0) is 0 Å². The van der Waals surface area contributed by atoms with Crippen molar-refractivity contribution >= 4 is 11.0 Å². The maximum absolute atomic E-state index is 4.73. The molecule has 1 saturated heterocycles. The van der Waals surface area contributed by atoms with Crippen LogP contribution >= 0.6 is 0 Å². The van der Waals surface area contributed by atoms with Crippen molar-refractivity contribution in [2.24, 2.45) is 5.92 Å². The van der Waals surface area contributed by atoms with Crippen molar-refractivity contribution < 1.29 is 0 Å². The van der Waals surface area contributed by atoms with Crippen molar-refractivity contribution in [2.75, 3.05) is 0 Å². The first-order valence-corrected chi connectivity index (χ1v) is 7.11. The third-order valence-electron chi connectivity index (χ3n) is 4.60. The van der Waals surface area contributed by atoms with Crippen molar-refractivity contribution in [3.63, 3.8) is 0 Å². The van der Waals surface area contributed by atoms with E-state index in [0.29, 0.717) is 6.04 Å². The Morgan fingerprint density at radius 2 is 2.00 bits per heavy atom. The molecule has 2 heterocycles. The summed E-state index contributed by atoms with van der Waals surface area (Å²) in [6, 6.07) is 9.47. The Kier molecular flexibility index (Phi) is 2.40. The molecule has 94 valence electrons. The molecular formula is C15H19N3. The Hall–Kier alpha value is -1.35. The first kappa shape index (κ1) is 10.6. The zero-order valence-corrected chi connectivity index (χ0v) is 10.5. The van der Waals surface area contributed by atoms with Crippen molar-refractivity contribution in [2.45, 2.75) is 44.2 Å². The van der Waals surface area contributed by atoms with E-state index in [9.17, 15) is 0 Å². The van der Waals surface area contributed by atoms with E-state index in [4.69, 9.17) is 4.98 Å². The number of aromatic amines is 1. The van der Waals surface area contributed by atoms with Crippen LogP contribution in [0.4, 0.5) is 0 Å². The molecule has 2 aromatic rings. The van der Waals surface area contributed by atoms with E-state index in [1.807, 2.05) is 0 Å². The maximum atomic E-state index is 4.73. The Bertz CT molecular complexity index is 513. The average molecular weight is 241 g/mol. The van der Waals surface area contributed by atoms with E-state index >= 15 is 0 Å². The van der Waals surface area contributed by atoms with Gasteiger partial charge in [0.1, 0.15) is 5.82 Å². The molecule has 1 saturated carbocycles. The summed E-state index contributed by atoms with van der Waals surface area (Å²) < 4.78 is 0. The van der Waals surface area contributed by atoms with E-state index in [1.54, 1.807) is 0 Å². The molecule has 3 nitrogen and oxygen atoms in total. The molecule has 2 fully saturated rings. The number of imidazole rings is 1. The van der Waals surface area contributed by atoms with E-state index in [2.05, 4.69) is 34.6 Å². The van der Waals surface area contributed by atoms with Gasteiger partial charge in [-0.3, -0.25) is 0 Å². The van der Waals surface area contributed by atoms with Gasteiger partial charge < -0.3 is 10.3 Å². The smallest absolute Gasteiger partial charge is 0.124 e. The van der Waals surface area contributed by atoms with E-state index in [0.717, 1.165) is 28.8 Å². The molecule has 1 aromatic carbocycles. The van der Waals surface area contributed by atoms with Crippen LogP contribution in [0.1, 0.15) is 44.0 Å². The molecule has 18 heavy (non-hydrogen) atoms. The minimum atomic E-state index is 0.436. The molecule has 4 rings (SSSR count). The molecule has 0 spiro atoms. The van der Waals surface area contributed by atoms with Crippen LogP contribution in [0.5, 0.6) is 0 Å². The summed E-state index contributed by atoms with van der Waals surface area (Å²) in [6.07, 6.45) is 6.80. The molecule has 0 radical (unpaired) electrons. The molecule has 3 heteroatoms. The molecule has 0 unspecified atom stereocenters. The molecule has 0 bridgehead atoms. The largest absolute Gasteiger partial charge is 0.341 e. The van der Waals surface area contributed by atoms with E-state index in [1.165, 1.54) is 32.1 Å². The number of hydrogen-bond acceptors (Lipinski definition) is 2. The summed E-state index contributed by atoms with van der Waals surface area (Å²) in [5.41, 5.74) is 2.24. The highest BCUT2D eigenvalue weighted by molar-refractivity contribution is 5.74. The average Bonchev–Trinajstić information content (AvgIpc) is 3.02. The van der Waals surface area contributed by atoms with Crippen LogP contribution in [0.15, 0.2) is 24.3 Å². The standard InChI is InChI=1S/C15H19N3/c1-2-6-11-10(5-1)9-14(16-11)15-17-12-7-3-4-8-13(12)18-15/h3-4,7-8,10-11,14,16H,1-2,5-6,9H2,(H,17,18)/t10-,11+,14+/m1/s1. The third-order valence-corrected chi connectivity index (χ3v) is 4.60. The summed E-state index contributed by atoms with van der Waals surface area (Å²) in [6.45, 7) is 0. The first-order valence-electron chi connectivity index (χ1n) is 7.11. The van der Waals surface area contributed by atoms with Crippen molar-refractivity contribution in [1.29, 1.82) is 0 Å². The molecular weight excluding hydrogens is 222 g/mol. The second-order valence-electron chi connectivity index (χ2n) is 5.75. The van der Waals surface area contributed by atoms with E-state index in [-0.39, 0.29) is 0 Å². The lowest BCUT2D eigenvalue weighted by Gasteiger charge is -2.24.